The zero-order chi connectivity index (χ0) is 20.2. The van der Waals surface area contributed by atoms with Crippen LogP contribution in [0.1, 0.15) is 69.7 Å². The van der Waals surface area contributed by atoms with E-state index in [1.165, 1.54) is 6.42 Å². The van der Waals surface area contributed by atoms with Crippen molar-refractivity contribution in [2.75, 3.05) is 13.1 Å². The fraction of sp³-hybridized carbons (Fsp3) is 0.682. The standard InChI is InChI=1S/C22H32N2O3S/c1-21(2)17-10-11-22(3,15-17)20(21)23-19(25)16-8-7-9-18(14-16)28(26,27)24-12-5-4-6-13-24/h7-9,14,17,20H,4-6,10-13,15H2,1-3H3,(H,23,25)/t17?,20-,22?/m1/s1. The van der Waals surface area contributed by atoms with Crippen molar-refractivity contribution in [1.82, 2.24) is 9.62 Å². The summed E-state index contributed by atoms with van der Waals surface area (Å²) in [5.74, 6) is 0.483. The van der Waals surface area contributed by atoms with Crippen LogP contribution >= 0.6 is 0 Å². The number of hydrogen-bond acceptors (Lipinski definition) is 3. The van der Waals surface area contributed by atoms with Crippen molar-refractivity contribution in [2.24, 2.45) is 16.7 Å². The topological polar surface area (TPSA) is 66.5 Å². The van der Waals surface area contributed by atoms with Crippen molar-refractivity contribution in [1.29, 1.82) is 0 Å². The van der Waals surface area contributed by atoms with Gasteiger partial charge in [-0.15, -0.1) is 0 Å². The first-order valence-electron chi connectivity index (χ1n) is 10.6. The second kappa shape index (κ2) is 6.84. The molecule has 0 aromatic heterocycles. The van der Waals surface area contributed by atoms with Gasteiger partial charge >= 0.3 is 0 Å². The quantitative estimate of drug-likeness (QED) is 0.830. The average molecular weight is 405 g/mol. The van der Waals surface area contributed by atoms with Crippen molar-refractivity contribution in [3.05, 3.63) is 29.8 Å². The molecule has 3 atom stereocenters. The lowest BCUT2D eigenvalue weighted by molar-refractivity contribution is 0.0737. The van der Waals surface area contributed by atoms with Crippen LogP contribution in [0.3, 0.4) is 0 Å². The third kappa shape index (κ3) is 3.18. The number of nitrogens with zero attached hydrogens (tertiary/aromatic N) is 1. The number of rotatable bonds is 4. The van der Waals surface area contributed by atoms with Crippen molar-refractivity contribution in [2.45, 2.75) is 70.2 Å². The Morgan fingerprint density at radius 2 is 1.86 bits per heavy atom. The fourth-order valence-corrected chi connectivity index (χ4v) is 7.49. The lowest BCUT2D eigenvalue weighted by atomic mass is 9.68. The van der Waals surface area contributed by atoms with Crippen LogP contribution in [0.15, 0.2) is 29.2 Å². The molecule has 3 fully saturated rings. The molecule has 0 radical (unpaired) electrons. The molecule has 2 saturated carbocycles. The molecule has 28 heavy (non-hydrogen) atoms. The number of carbonyl (C=O) groups excluding carboxylic acids is 1. The number of hydrogen-bond donors (Lipinski definition) is 1. The molecule has 1 amide bonds. The molecule has 2 aliphatic carbocycles. The third-order valence-electron chi connectivity index (χ3n) is 7.59. The van der Waals surface area contributed by atoms with Crippen molar-refractivity contribution >= 4 is 15.9 Å². The summed E-state index contributed by atoms with van der Waals surface area (Å²) in [7, 11) is -3.54. The fourth-order valence-electron chi connectivity index (χ4n) is 5.93. The molecular weight excluding hydrogens is 372 g/mol. The second-order valence-corrected chi connectivity index (χ2v) is 11.8. The molecule has 1 aliphatic heterocycles. The number of amides is 1. The van der Waals surface area contributed by atoms with Gasteiger partial charge in [0.25, 0.3) is 5.91 Å². The maximum Gasteiger partial charge on any atom is 0.251 e. The maximum absolute atomic E-state index is 13.0. The molecular formula is C22H32N2O3S. The Bertz CT molecular complexity index is 869. The number of carbonyl (C=O) groups is 1. The Morgan fingerprint density at radius 3 is 2.50 bits per heavy atom. The highest BCUT2D eigenvalue weighted by Gasteiger charge is 2.59. The molecule has 1 aromatic carbocycles. The SMILES string of the molecule is CC12CCC(C1)C(C)(C)[C@H]2NC(=O)c1cccc(S(=O)(=O)N2CCCCC2)c1. The molecule has 6 heteroatoms. The first kappa shape index (κ1) is 19.9. The largest absolute Gasteiger partial charge is 0.348 e. The Balaban J connectivity index is 1.55. The number of fused-ring (bicyclic) bond motifs is 2. The predicted octanol–water partition coefficient (Wildman–Crippen LogP) is 3.81. The van der Waals surface area contributed by atoms with Gasteiger partial charge in [0.15, 0.2) is 0 Å². The molecule has 2 bridgehead atoms. The molecule has 1 N–H and O–H groups in total. The van der Waals surface area contributed by atoms with Crippen molar-refractivity contribution < 1.29 is 13.2 Å². The monoisotopic (exact) mass is 404 g/mol. The Hall–Kier alpha value is -1.40. The van der Waals surface area contributed by atoms with Crippen molar-refractivity contribution in [3.63, 3.8) is 0 Å². The summed E-state index contributed by atoms with van der Waals surface area (Å²) in [5.41, 5.74) is 0.641. The van der Waals surface area contributed by atoms with E-state index >= 15 is 0 Å². The average Bonchev–Trinajstić information content (AvgIpc) is 3.17. The van der Waals surface area contributed by atoms with E-state index in [0.29, 0.717) is 24.6 Å². The van der Waals surface area contributed by atoms with Crippen LogP contribution < -0.4 is 5.32 Å². The summed E-state index contributed by atoms with van der Waals surface area (Å²) in [6.45, 7) is 7.92. The minimum Gasteiger partial charge on any atom is -0.348 e. The summed E-state index contributed by atoms with van der Waals surface area (Å²) in [5, 5.41) is 3.27. The van der Waals surface area contributed by atoms with E-state index in [1.54, 1.807) is 28.6 Å². The van der Waals surface area contributed by atoms with Crippen LogP contribution in [-0.2, 0) is 10.0 Å². The van der Waals surface area contributed by atoms with Gasteiger partial charge in [0, 0.05) is 24.7 Å². The number of benzene rings is 1. The van der Waals surface area contributed by atoms with Crippen LogP contribution in [-0.4, -0.2) is 37.8 Å². The Labute approximate surface area is 168 Å². The van der Waals surface area contributed by atoms with Crippen molar-refractivity contribution in [3.8, 4) is 0 Å². The molecule has 0 spiro atoms. The molecule has 3 aliphatic rings. The number of piperidine rings is 1. The summed E-state index contributed by atoms with van der Waals surface area (Å²) >= 11 is 0. The highest BCUT2D eigenvalue weighted by Crippen LogP contribution is 2.62. The first-order chi connectivity index (χ1) is 13.1. The highest BCUT2D eigenvalue weighted by atomic mass is 32.2. The van der Waals surface area contributed by atoms with E-state index in [9.17, 15) is 13.2 Å². The lowest BCUT2D eigenvalue weighted by Gasteiger charge is -2.43. The minimum absolute atomic E-state index is 0.0696. The molecule has 4 rings (SSSR count). The van der Waals surface area contributed by atoms with Gasteiger partial charge in [-0.2, -0.15) is 4.31 Å². The molecule has 1 heterocycles. The molecule has 154 valence electrons. The molecule has 1 saturated heterocycles. The van der Waals surface area contributed by atoms with E-state index in [0.717, 1.165) is 32.1 Å². The summed E-state index contributed by atoms with van der Waals surface area (Å²) < 4.78 is 27.5. The minimum atomic E-state index is -3.54. The Kier molecular flexibility index (Phi) is 4.86. The predicted molar refractivity (Wildman–Crippen MR) is 110 cm³/mol. The van der Waals surface area contributed by atoms with Gasteiger partial charge in [-0.25, -0.2) is 8.42 Å². The van der Waals surface area contributed by atoms with Crippen LogP contribution in [0.5, 0.6) is 0 Å². The molecule has 5 nitrogen and oxygen atoms in total. The van der Waals surface area contributed by atoms with E-state index in [4.69, 9.17) is 0 Å². The normalized spacial score (nSPS) is 32.4. The number of sulfonamides is 1. The van der Waals surface area contributed by atoms with Gasteiger partial charge in [0.2, 0.25) is 10.0 Å². The van der Waals surface area contributed by atoms with Crippen LogP contribution in [0, 0.1) is 16.7 Å². The summed E-state index contributed by atoms with van der Waals surface area (Å²) in [4.78, 5) is 13.3. The third-order valence-corrected chi connectivity index (χ3v) is 9.49. The van der Waals surface area contributed by atoms with E-state index in [1.807, 2.05) is 0 Å². The van der Waals surface area contributed by atoms with Gasteiger partial charge in [-0.05, 0) is 67.1 Å². The lowest BCUT2D eigenvalue weighted by Crippen LogP contribution is -2.52. The van der Waals surface area contributed by atoms with Gasteiger partial charge in [-0.1, -0.05) is 33.3 Å². The smallest absolute Gasteiger partial charge is 0.251 e. The first-order valence-corrected chi connectivity index (χ1v) is 12.0. The van der Waals surface area contributed by atoms with E-state index in [-0.39, 0.29) is 27.7 Å². The molecule has 1 aromatic rings. The van der Waals surface area contributed by atoms with Crippen LogP contribution in [0.4, 0.5) is 0 Å². The zero-order valence-corrected chi connectivity index (χ0v) is 18.0. The second-order valence-electron chi connectivity index (χ2n) is 9.81. The van der Waals surface area contributed by atoms with Gasteiger partial charge < -0.3 is 5.32 Å². The van der Waals surface area contributed by atoms with Gasteiger partial charge in [-0.3, -0.25) is 4.79 Å². The van der Waals surface area contributed by atoms with Gasteiger partial charge in [0.05, 0.1) is 4.90 Å². The molecule has 2 unspecified atom stereocenters. The maximum atomic E-state index is 13.0. The highest BCUT2D eigenvalue weighted by molar-refractivity contribution is 7.89. The van der Waals surface area contributed by atoms with E-state index in [2.05, 4.69) is 26.1 Å². The summed E-state index contributed by atoms with van der Waals surface area (Å²) in [6.07, 6.45) is 6.42. The number of nitrogens with one attached hydrogen (secondary N) is 1. The van der Waals surface area contributed by atoms with Gasteiger partial charge in [0.1, 0.15) is 0 Å². The summed E-state index contributed by atoms with van der Waals surface area (Å²) in [6, 6.07) is 6.66. The van der Waals surface area contributed by atoms with Crippen LogP contribution in [0.2, 0.25) is 0 Å². The van der Waals surface area contributed by atoms with Crippen LogP contribution in [0.25, 0.3) is 0 Å². The van der Waals surface area contributed by atoms with E-state index < -0.39 is 10.0 Å². The Morgan fingerprint density at radius 1 is 1.14 bits per heavy atom. The zero-order valence-electron chi connectivity index (χ0n) is 17.2.